The van der Waals surface area contributed by atoms with E-state index in [1.165, 1.54) is 19.3 Å². The van der Waals surface area contributed by atoms with Gasteiger partial charge in [-0.25, -0.2) is 4.98 Å². The van der Waals surface area contributed by atoms with Crippen LogP contribution in [0, 0.1) is 5.92 Å². The van der Waals surface area contributed by atoms with Crippen molar-refractivity contribution in [2.24, 2.45) is 5.92 Å². The fraction of sp³-hybridized carbons (Fsp3) is 0.619. The molecule has 0 bridgehead atoms. The molecule has 2 atom stereocenters. The Morgan fingerprint density at radius 2 is 2.12 bits per heavy atom. The number of piperidine rings is 1. The number of likely N-dealkylation sites (tertiary alicyclic amines) is 1. The van der Waals surface area contributed by atoms with Gasteiger partial charge in [-0.2, -0.15) is 0 Å². The molecule has 3 rings (SSSR count). The summed E-state index contributed by atoms with van der Waals surface area (Å²) in [6.45, 7) is 9.45. The molecule has 4 nitrogen and oxygen atoms in total. The van der Waals surface area contributed by atoms with Crippen molar-refractivity contribution in [3.05, 3.63) is 38.9 Å². The molecule has 5 heteroatoms. The quantitative estimate of drug-likeness (QED) is 0.649. The Morgan fingerprint density at radius 1 is 1.31 bits per heavy atom. The molecule has 2 heterocycles. The Balaban J connectivity index is 2.10. The number of rotatable bonds is 6. The lowest BCUT2D eigenvalue weighted by atomic mass is 9.93. The predicted octanol–water partition coefficient (Wildman–Crippen LogP) is 5.14. The first kappa shape index (κ1) is 19.6. The molecule has 0 saturated carbocycles. The van der Waals surface area contributed by atoms with E-state index in [1.54, 1.807) is 0 Å². The average molecular weight is 420 g/mol. The van der Waals surface area contributed by atoms with Gasteiger partial charge in [0.05, 0.1) is 16.9 Å². The number of benzene rings is 1. The third kappa shape index (κ3) is 3.89. The van der Waals surface area contributed by atoms with E-state index in [-0.39, 0.29) is 11.6 Å². The predicted molar refractivity (Wildman–Crippen MR) is 112 cm³/mol. The second kappa shape index (κ2) is 8.66. The highest BCUT2D eigenvalue weighted by molar-refractivity contribution is 9.10. The van der Waals surface area contributed by atoms with Gasteiger partial charge in [0.25, 0.3) is 5.56 Å². The average Bonchev–Trinajstić information content (AvgIpc) is 2.66. The van der Waals surface area contributed by atoms with E-state index in [9.17, 15) is 4.79 Å². The van der Waals surface area contributed by atoms with Crippen molar-refractivity contribution in [2.45, 2.75) is 65.5 Å². The summed E-state index contributed by atoms with van der Waals surface area (Å²) in [4.78, 5) is 20.7. The molecule has 0 radical (unpaired) electrons. The standard InChI is InChI=1S/C21H30BrN3O/c1-4-8-19(24-12-7-9-15(5-2)14-24)20-23-18-11-10-16(22)13-17(18)21(26)25(20)6-3/h10-11,13,15,19H,4-9,12,14H2,1-3H3/t15-,19-/m1/s1. The van der Waals surface area contributed by atoms with Gasteiger partial charge >= 0.3 is 0 Å². The highest BCUT2D eigenvalue weighted by Crippen LogP contribution is 2.31. The molecule has 2 aromatic rings. The van der Waals surface area contributed by atoms with Crippen molar-refractivity contribution in [3.63, 3.8) is 0 Å². The highest BCUT2D eigenvalue weighted by atomic mass is 79.9. The van der Waals surface area contributed by atoms with Gasteiger partial charge < -0.3 is 0 Å². The molecular formula is C21H30BrN3O. The van der Waals surface area contributed by atoms with Crippen molar-refractivity contribution in [3.8, 4) is 0 Å². The first-order chi connectivity index (χ1) is 12.6. The molecule has 0 amide bonds. The fourth-order valence-electron chi connectivity index (χ4n) is 4.23. The molecule has 0 N–H and O–H groups in total. The van der Waals surface area contributed by atoms with Crippen molar-refractivity contribution in [1.82, 2.24) is 14.5 Å². The Kier molecular flexibility index (Phi) is 6.51. The second-order valence-electron chi connectivity index (χ2n) is 7.40. The second-order valence-corrected chi connectivity index (χ2v) is 8.31. The van der Waals surface area contributed by atoms with Crippen LogP contribution in [-0.4, -0.2) is 27.5 Å². The van der Waals surface area contributed by atoms with Crippen molar-refractivity contribution < 1.29 is 0 Å². The van der Waals surface area contributed by atoms with Crippen LogP contribution in [0.2, 0.25) is 0 Å². The Hall–Kier alpha value is -1.20. The summed E-state index contributed by atoms with van der Waals surface area (Å²) >= 11 is 3.48. The summed E-state index contributed by atoms with van der Waals surface area (Å²) in [5, 5.41) is 0.699. The van der Waals surface area contributed by atoms with Crippen LogP contribution in [0.15, 0.2) is 27.5 Å². The zero-order chi connectivity index (χ0) is 18.7. The fourth-order valence-corrected chi connectivity index (χ4v) is 4.59. The van der Waals surface area contributed by atoms with E-state index in [0.717, 1.165) is 47.7 Å². The molecule has 1 aromatic heterocycles. The van der Waals surface area contributed by atoms with E-state index in [4.69, 9.17) is 4.98 Å². The van der Waals surface area contributed by atoms with E-state index >= 15 is 0 Å². The Morgan fingerprint density at radius 3 is 2.81 bits per heavy atom. The molecule has 1 fully saturated rings. The van der Waals surface area contributed by atoms with E-state index in [2.05, 4.69) is 34.7 Å². The summed E-state index contributed by atoms with van der Waals surface area (Å²) in [6.07, 6.45) is 5.94. The van der Waals surface area contributed by atoms with Crippen LogP contribution in [0.3, 0.4) is 0 Å². The Bertz CT molecular complexity index is 817. The molecule has 1 aliphatic rings. The highest BCUT2D eigenvalue weighted by Gasteiger charge is 2.29. The van der Waals surface area contributed by atoms with Gasteiger partial charge in [-0.15, -0.1) is 0 Å². The molecule has 0 spiro atoms. The van der Waals surface area contributed by atoms with Crippen LogP contribution >= 0.6 is 15.9 Å². The first-order valence-corrected chi connectivity index (χ1v) is 10.8. The third-order valence-electron chi connectivity index (χ3n) is 5.69. The molecule has 0 unspecified atom stereocenters. The monoisotopic (exact) mass is 419 g/mol. The molecule has 1 aromatic carbocycles. The van der Waals surface area contributed by atoms with Crippen LogP contribution in [0.1, 0.15) is 64.7 Å². The van der Waals surface area contributed by atoms with Gasteiger partial charge in [0.1, 0.15) is 5.82 Å². The lowest BCUT2D eigenvalue weighted by molar-refractivity contribution is 0.107. The first-order valence-electron chi connectivity index (χ1n) is 10.0. The van der Waals surface area contributed by atoms with Crippen molar-refractivity contribution in [2.75, 3.05) is 13.1 Å². The summed E-state index contributed by atoms with van der Waals surface area (Å²) in [5.41, 5.74) is 0.891. The summed E-state index contributed by atoms with van der Waals surface area (Å²) in [7, 11) is 0. The SMILES string of the molecule is CCC[C@H](c1nc2ccc(Br)cc2c(=O)n1CC)N1CCC[C@@H](CC)C1. The maximum Gasteiger partial charge on any atom is 0.261 e. The third-order valence-corrected chi connectivity index (χ3v) is 6.18. The van der Waals surface area contributed by atoms with Crippen LogP contribution in [-0.2, 0) is 6.54 Å². The molecule has 26 heavy (non-hydrogen) atoms. The van der Waals surface area contributed by atoms with Crippen molar-refractivity contribution in [1.29, 1.82) is 0 Å². The van der Waals surface area contributed by atoms with Gasteiger partial charge in [0, 0.05) is 17.6 Å². The van der Waals surface area contributed by atoms with Crippen LogP contribution in [0.25, 0.3) is 10.9 Å². The lowest BCUT2D eigenvalue weighted by Crippen LogP contribution is -2.41. The normalized spacial score (nSPS) is 19.8. The van der Waals surface area contributed by atoms with E-state index in [1.807, 2.05) is 29.7 Å². The van der Waals surface area contributed by atoms with Gasteiger partial charge in [0.2, 0.25) is 0 Å². The molecule has 0 aliphatic carbocycles. The van der Waals surface area contributed by atoms with Gasteiger partial charge in [-0.05, 0) is 56.8 Å². The zero-order valence-electron chi connectivity index (χ0n) is 16.2. The van der Waals surface area contributed by atoms with Gasteiger partial charge in [-0.1, -0.05) is 42.6 Å². The smallest absolute Gasteiger partial charge is 0.261 e. The number of aromatic nitrogens is 2. The van der Waals surface area contributed by atoms with Gasteiger partial charge in [0.15, 0.2) is 0 Å². The van der Waals surface area contributed by atoms with Crippen molar-refractivity contribution >= 4 is 26.8 Å². The number of nitrogens with zero attached hydrogens (tertiary/aromatic N) is 3. The minimum atomic E-state index is 0.0824. The van der Waals surface area contributed by atoms with Crippen LogP contribution < -0.4 is 5.56 Å². The van der Waals surface area contributed by atoms with E-state index in [0.29, 0.717) is 11.9 Å². The maximum absolute atomic E-state index is 13.1. The Labute approximate surface area is 164 Å². The van der Waals surface area contributed by atoms with Gasteiger partial charge in [-0.3, -0.25) is 14.3 Å². The lowest BCUT2D eigenvalue weighted by Gasteiger charge is -2.38. The number of halogens is 1. The molecule has 1 saturated heterocycles. The molecule has 142 valence electrons. The van der Waals surface area contributed by atoms with Crippen LogP contribution in [0.5, 0.6) is 0 Å². The number of fused-ring (bicyclic) bond motifs is 1. The maximum atomic E-state index is 13.1. The minimum absolute atomic E-state index is 0.0824. The summed E-state index contributed by atoms with van der Waals surface area (Å²) in [5.74, 6) is 1.72. The number of hydrogen-bond acceptors (Lipinski definition) is 3. The summed E-state index contributed by atoms with van der Waals surface area (Å²) in [6, 6.07) is 6.05. The topological polar surface area (TPSA) is 38.1 Å². The zero-order valence-corrected chi connectivity index (χ0v) is 17.8. The summed E-state index contributed by atoms with van der Waals surface area (Å²) < 4.78 is 2.82. The van der Waals surface area contributed by atoms with Crippen LogP contribution in [0.4, 0.5) is 0 Å². The largest absolute Gasteiger partial charge is 0.295 e. The molecular weight excluding hydrogens is 390 g/mol. The van der Waals surface area contributed by atoms with E-state index < -0.39 is 0 Å². The molecule has 1 aliphatic heterocycles. The minimum Gasteiger partial charge on any atom is -0.295 e. The number of hydrogen-bond donors (Lipinski definition) is 0.